The first-order chi connectivity index (χ1) is 26.5. The highest BCUT2D eigenvalue weighted by atomic mass is 16.5. The summed E-state index contributed by atoms with van der Waals surface area (Å²) in [4.78, 5) is 42.5. The van der Waals surface area contributed by atoms with E-state index in [4.69, 9.17) is 37.6 Å². The van der Waals surface area contributed by atoms with Gasteiger partial charge in [0.15, 0.2) is 28.8 Å². The van der Waals surface area contributed by atoms with Crippen LogP contribution in [0, 0.1) is 0 Å². The van der Waals surface area contributed by atoms with E-state index in [1.54, 1.807) is 59.8 Å². The molecule has 0 radical (unpaired) electrons. The largest absolute Gasteiger partial charge is 0.502 e. The highest BCUT2D eigenvalue weighted by Crippen LogP contribution is 2.46. The Balaban J connectivity index is 1.51. The van der Waals surface area contributed by atoms with Gasteiger partial charge in [-0.25, -0.2) is 0 Å². The summed E-state index contributed by atoms with van der Waals surface area (Å²) in [5.74, 6) is 0.396. The van der Waals surface area contributed by atoms with Crippen LogP contribution in [0.4, 0.5) is 0 Å². The number of aryl methyl sites for hydroxylation is 1. The van der Waals surface area contributed by atoms with E-state index in [9.17, 15) is 19.5 Å². The van der Waals surface area contributed by atoms with Crippen molar-refractivity contribution in [1.29, 1.82) is 0 Å². The minimum absolute atomic E-state index is 0.0814. The molecule has 14 nitrogen and oxygen atoms in total. The second-order valence-corrected chi connectivity index (χ2v) is 13.0. The molecule has 2 aromatic heterocycles. The fraction of sp³-hybridized carbons (Fsp3) is 0.341. The van der Waals surface area contributed by atoms with Crippen LogP contribution in [0.5, 0.6) is 40.2 Å². The molecule has 1 N–H and O–H groups in total. The van der Waals surface area contributed by atoms with Gasteiger partial charge in [0, 0.05) is 31.3 Å². The van der Waals surface area contributed by atoms with Crippen LogP contribution < -0.4 is 39.4 Å². The van der Waals surface area contributed by atoms with E-state index in [2.05, 4.69) is 4.90 Å². The minimum Gasteiger partial charge on any atom is -0.502 e. The number of ether oxygens (including phenoxy) is 7. The molecule has 0 saturated carbocycles. The Morgan fingerprint density at radius 1 is 0.836 bits per heavy atom. The van der Waals surface area contributed by atoms with E-state index in [1.807, 2.05) is 24.3 Å². The molecule has 1 aliphatic heterocycles. The number of carbonyl (C=O) groups excluding carboxylic acids is 1. The fourth-order valence-electron chi connectivity index (χ4n) is 7.33. The number of benzene rings is 3. The van der Waals surface area contributed by atoms with Crippen LogP contribution in [-0.4, -0.2) is 76.9 Å². The zero-order valence-electron chi connectivity index (χ0n) is 32.0. The Morgan fingerprint density at radius 2 is 1.51 bits per heavy atom. The average Bonchev–Trinajstić information content (AvgIpc) is 3.21. The van der Waals surface area contributed by atoms with Gasteiger partial charge < -0.3 is 47.2 Å². The highest BCUT2D eigenvalue weighted by Gasteiger charge is 2.34. The molecule has 3 heterocycles. The van der Waals surface area contributed by atoms with Crippen molar-refractivity contribution < 1.29 is 47.5 Å². The van der Waals surface area contributed by atoms with Gasteiger partial charge in [-0.3, -0.25) is 19.3 Å². The number of methoxy groups -OCH3 is 7. The van der Waals surface area contributed by atoms with E-state index in [0.717, 1.165) is 16.7 Å². The molecule has 1 aliphatic rings. The molecule has 0 aliphatic carbocycles. The first kappa shape index (κ1) is 38.6. The first-order valence-electron chi connectivity index (χ1n) is 17.4. The van der Waals surface area contributed by atoms with Gasteiger partial charge in [-0.05, 0) is 71.0 Å². The van der Waals surface area contributed by atoms with E-state index < -0.39 is 34.7 Å². The van der Waals surface area contributed by atoms with E-state index in [1.165, 1.54) is 32.0 Å². The third kappa shape index (κ3) is 7.24. The summed E-state index contributed by atoms with van der Waals surface area (Å²) in [6.07, 6.45) is 0.217. The van der Waals surface area contributed by atoms with E-state index in [0.29, 0.717) is 58.4 Å². The Morgan fingerprint density at radius 3 is 2.13 bits per heavy atom. The zero-order chi connectivity index (χ0) is 39.6. The van der Waals surface area contributed by atoms with Crippen molar-refractivity contribution in [3.8, 4) is 40.2 Å². The standard InChI is InChI=1S/C41H44N2O12/c1-42-30-17-25(48-2)10-9-23(30)13-29(41(42)47)28(20-36(45)53-7)39-38(46)31(44)18-26(55-39)21-43-12-11-22-14-32(49-3)33(50-4)19-27(22)37(43)24-15-34(51-5)40(54-8)35(16-24)52-6/h9-10,13-19,28,37,46H,11-12,20-21H2,1-8H3/t28-,37-/m1/s1. The zero-order valence-corrected chi connectivity index (χ0v) is 32.0. The van der Waals surface area contributed by atoms with Crippen molar-refractivity contribution in [3.63, 3.8) is 0 Å². The van der Waals surface area contributed by atoms with Gasteiger partial charge in [0.25, 0.3) is 5.56 Å². The normalized spacial score (nSPS) is 14.5. The van der Waals surface area contributed by atoms with Crippen LogP contribution in [0.15, 0.2) is 68.6 Å². The molecule has 5 aromatic rings. The molecular formula is C41H44N2O12. The number of esters is 1. The molecule has 0 bridgehead atoms. The van der Waals surface area contributed by atoms with E-state index in [-0.39, 0.29) is 30.0 Å². The van der Waals surface area contributed by atoms with Gasteiger partial charge in [-0.2, -0.15) is 0 Å². The third-order valence-electron chi connectivity index (χ3n) is 10.1. The monoisotopic (exact) mass is 756 g/mol. The molecule has 6 rings (SSSR count). The molecule has 290 valence electrons. The maximum absolute atomic E-state index is 13.9. The van der Waals surface area contributed by atoms with Crippen LogP contribution in [0.1, 0.15) is 52.2 Å². The number of pyridine rings is 1. The molecule has 14 heteroatoms. The van der Waals surface area contributed by atoms with Crippen molar-refractivity contribution in [2.24, 2.45) is 7.05 Å². The molecule has 2 atom stereocenters. The van der Waals surface area contributed by atoms with E-state index >= 15 is 0 Å². The lowest BCUT2D eigenvalue weighted by atomic mass is 9.87. The van der Waals surface area contributed by atoms with Crippen molar-refractivity contribution in [2.75, 3.05) is 56.3 Å². The summed E-state index contributed by atoms with van der Waals surface area (Å²) >= 11 is 0. The minimum atomic E-state index is -1.17. The average molecular weight is 757 g/mol. The number of hydrogen-bond acceptors (Lipinski definition) is 13. The van der Waals surface area contributed by atoms with Gasteiger partial charge in [0.1, 0.15) is 11.5 Å². The summed E-state index contributed by atoms with van der Waals surface area (Å²) in [6, 6.07) is 15.2. The van der Waals surface area contributed by atoms with Crippen LogP contribution in [0.3, 0.4) is 0 Å². The number of nitrogens with zero attached hydrogens (tertiary/aromatic N) is 2. The fourth-order valence-corrected chi connectivity index (χ4v) is 7.33. The maximum Gasteiger partial charge on any atom is 0.306 e. The van der Waals surface area contributed by atoms with Gasteiger partial charge in [0.2, 0.25) is 16.9 Å². The molecule has 55 heavy (non-hydrogen) atoms. The number of hydrogen-bond donors (Lipinski definition) is 1. The first-order valence-corrected chi connectivity index (χ1v) is 17.4. The Labute approximate surface area is 317 Å². The number of rotatable bonds is 13. The SMILES string of the molecule is COC(=O)C[C@@H](c1oc(CN2CCc3cc(OC)c(OC)cc3[C@H]2c2cc(OC)c(OC)c(OC)c2)cc(=O)c1O)c1cc2ccc(OC)cc2n(C)c1=O. The molecule has 0 fully saturated rings. The number of aromatic hydroxyl groups is 1. The topological polar surface area (TPSA) is 157 Å². The van der Waals surface area contributed by atoms with Gasteiger partial charge in [-0.15, -0.1) is 0 Å². The van der Waals surface area contributed by atoms with Gasteiger partial charge >= 0.3 is 5.97 Å². The smallest absolute Gasteiger partial charge is 0.306 e. The third-order valence-corrected chi connectivity index (χ3v) is 10.1. The quantitative estimate of drug-likeness (QED) is 0.159. The van der Waals surface area contributed by atoms with Gasteiger partial charge in [-0.1, -0.05) is 0 Å². The summed E-state index contributed by atoms with van der Waals surface area (Å²) in [5, 5.41) is 11.9. The van der Waals surface area contributed by atoms with Crippen molar-refractivity contribution in [3.05, 3.63) is 109 Å². The lowest BCUT2D eigenvalue weighted by Crippen LogP contribution is -2.36. The lowest BCUT2D eigenvalue weighted by molar-refractivity contribution is -0.141. The second-order valence-electron chi connectivity index (χ2n) is 13.0. The van der Waals surface area contributed by atoms with Crippen molar-refractivity contribution >= 4 is 16.9 Å². The highest BCUT2D eigenvalue weighted by molar-refractivity contribution is 5.82. The summed E-state index contributed by atoms with van der Waals surface area (Å²) < 4.78 is 46.5. The number of carbonyl (C=O) groups is 1. The molecule has 0 unspecified atom stereocenters. The second kappa shape index (κ2) is 16.1. The molecule has 0 amide bonds. The van der Waals surface area contributed by atoms with Gasteiger partial charge in [0.05, 0.1) is 80.2 Å². The van der Waals surface area contributed by atoms with Crippen LogP contribution in [0.25, 0.3) is 10.9 Å². The number of aromatic nitrogens is 1. The van der Waals surface area contributed by atoms with Crippen molar-refractivity contribution in [1.82, 2.24) is 9.47 Å². The summed E-state index contributed by atoms with van der Waals surface area (Å²) in [5.41, 5.74) is 2.22. The Hall–Kier alpha value is -6.15. The molecule has 0 spiro atoms. The van der Waals surface area contributed by atoms with Crippen LogP contribution in [-0.2, 0) is 29.5 Å². The predicted molar refractivity (Wildman–Crippen MR) is 202 cm³/mol. The molecular weight excluding hydrogens is 712 g/mol. The number of fused-ring (bicyclic) bond motifs is 2. The maximum atomic E-state index is 13.9. The van der Waals surface area contributed by atoms with Crippen LogP contribution in [0.2, 0.25) is 0 Å². The lowest BCUT2D eigenvalue weighted by Gasteiger charge is -2.38. The van der Waals surface area contributed by atoms with Crippen LogP contribution >= 0.6 is 0 Å². The Kier molecular flexibility index (Phi) is 11.3. The molecule has 0 saturated heterocycles. The Bertz CT molecular complexity index is 2340. The summed E-state index contributed by atoms with van der Waals surface area (Å²) in [7, 11) is 12.1. The van der Waals surface area contributed by atoms with Crippen molar-refractivity contribution in [2.45, 2.75) is 31.3 Å². The predicted octanol–water partition coefficient (Wildman–Crippen LogP) is 5.09. The summed E-state index contributed by atoms with van der Waals surface area (Å²) in [6.45, 7) is 0.585. The molecule has 3 aromatic carbocycles.